The highest BCUT2D eigenvalue weighted by atomic mass is 19.1. The van der Waals surface area contributed by atoms with Gasteiger partial charge in [-0.25, -0.2) is 4.39 Å². The predicted molar refractivity (Wildman–Crippen MR) is 106 cm³/mol. The molecule has 1 aromatic heterocycles. The van der Waals surface area contributed by atoms with Crippen molar-refractivity contribution in [2.75, 3.05) is 7.05 Å². The molecule has 4 rings (SSSR count). The average molecular weight is 350 g/mol. The van der Waals surface area contributed by atoms with Crippen LogP contribution in [0.5, 0.6) is 0 Å². The summed E-state index contributed by atoms with van der Waals surface area (Å²) in [5.74, 6) is -0.166. The van der Waals surface area contributed by atoms with Crippen LogP contribution in [0, 0.1) is 19.7 Å². The van der Waals surface area contributed by atoms with Gasteiger partial charge in [-0.1, -0.05) is 24.3 Å². The first-order chi connectivity index (χ1) is 12.5. The summed E-state index contributed by atoms with van der Waals surface area (Å²) in [4.78, 5) is 2.45. The van der Waals surface area contributed by atoms with Crippen molar-refractivity contribution in [2.45, 2.75) is 52.7 Å². The van der Waals surface area contributed by atoms with E-state index in [2.05, 4.69) is 49.4 Å². The Hall–Kier alpha value is -2.13. The molecule has 0 aliphatic carbocycles. The van der Waals surface area contributed by atoms with Gasteiger partial charge >= 0.3 is 0 Å². The maximum atomic E-state index is 13.2. The number of rotatable bonds is 3. The Morgan fingerprint density at radius 2 is 1.73 bits per heavy atom. The molecule has 1 unspecified atom stereocenters. The smallest absolute Gasteiger partial charge is 0.123 e. The molecule has 1 atom stereocenters. The van der Waals surface area contributed by atoms with Crippen LogP contribution < -0.4 is 0 Å². The van der Waals surface area contributed by atoms with Crippen molar-refractivity contribution in [1.29, 1.82) is 0 Å². The van der Waals surface area contributed by atoms with E-state index in [0.717, 1.165) is 25.9 Å². The second-order valence-corrected chi connectivity index (χ2v) is 7.84. The molecule has 0 spiro atoms. The summed E-state index contributed by atoms with van der Waals surface area (Å²) >= 11 is 0. The molecular weight excluding hydrogens is 323 g/mol. The molecule has 0 amide bonds. The Labute approximate surface area is 155 Å². The van der Waals surface area contributed by atoms with E-state index in [1.165, 1.54) is 38.9 Å². The normalized spacial score (nSPS) is 17.7. The Balaban J connectivity index is 1.81. The fraction of sp³-hybridized carbons (Fsp3) is 0.391. The zero-order chi connectivity index (χ0) is 18.4. The number of aryl methyl sites for hydroxylation is 4. The predicted octanol–water partition coefficient (Wildman–Crippen LogP) is 5.02. The third-order valence-corrected chi connectivity index (χ3v) is 6.02. The summed E-state index contributed by atoms with van der Waals surface area (Å²) in [6.07, 6.45) is 2.01. The first-order valence-corrected chi connectivity index (χ1v) is 9.50. The first kappa shape index (κ1) is 17.3. The van der Waals surface area contributed by atoms with Crippen molar-refractivity contribution in [3.05, 3.63) is 70.2 Å². The lowest BCUT2D eigenvalue weighted by Gasteiger charge is -2.31. The number of nitrogens with zero attached hydrogens (tertiary/aromatic N) is 2. The van der Waals surface area contributed by atoms with Gasteiger partial charge < -0.3 is 4.57 Å². The van der Waals surface area contributed by atoms with Gasteiger partial charge in [0.15, 0.2) is 0 Å². The largest absolute Gasteiger partial charge is 0.344 e. The minimum Gasteiger partial charge on any atom is -0.344 e. The molecule has 0 saturated carbocycles. The van der Waals surface area contributed by atoms with Gasteiger partial charge in [-0.3, -0.25) is 4.90 Å². The highest BCUT2D eigenvalue weighted by molar-refractivity contribution is 5.91. The summed E-state index contributed by atoms with van der Waals surface area (Å²) < 4.78 is 15.7. The van der Waals surface area contributed by atoms with Crippen molar-refractivity contribution in [3.63, 3.8) is 0 Å². The van der Waals surface area contributed by atoms with Crippen molar-refractivity contribution >= 4 is 10.9 Å². The van der Waals surface area contributed by atoms with Crippen LogP contribution in [-0.4, -0.2) is 22.6 Å². The van der Waals surface area contributed by atoms with Crippen LogP contribution in [0.4, 0.5) is 4.39 Å². The zero-order valence-corrected chi connectivity index (χ0v) is 16.1. The van der Waals surface area contributed by atoms with E-state index >= 15 is 0 Å². The molecule has 136 valence electrons. The van der Waals surface area contributed by atoms with Gasteiger partial charge in [0.2, 0.25) is 0 Å². The molecule has 1 aliphatic rings. The minimum atomic E-state index is -0.166. The van der Waals surface area contributed by atoms with E-state index < -0.39 is 0 Å². The van der Waals surface area contributed by atoms with Gasteiger partial charge in [-0.15, -0.1) is 0 Å². The summed E-state index contributed by atoms with van der Waals surface area (Å²) in [6.45, 7) is 8.71. The maximum absolute atomic E-state index is 13.2. The summed E-state index contributed by atoms with van der Waals surface area (Å²) in [5, 5.41) is 1.44. The number of fused-ring (bicyclic) bond motifs is 3. The van der Waals surface area contributed by atoms with Crippen molar-refractivity contribution in [3.8, 4) is 0 Å². The average Bonchev–Trinajstić information content (AvgIpc) is 2.93. The maximum Gasteiger partial charge on any atom is 0.123 e. The third kappa shape index (κ3) is 2.84. The molecule has 26 heavy (non-hydrogen) atoms. The van der Waals surface area contributed by atoms with E-state index in [1.54, 1.807) is 12.1 Å². The van der Waals surface area contributed by atoms with Gasteiger partial charge in [-0.05, 0) is 68.6 Å². The fourth-order valence-electron chi connectivity index (χ4n) is 4.35. The van der Waals surface area contributed by atoms with Crippen molar-refractivity contribution in [2.24, 2.45) is 0 Å². The lowest BCUT2D eigenvalue weighted by molar-refractivity contribution is 0.228. The number of hydrogen-bond donors (Lipinski definition) is 0. The molecule has 2 nitrogen and oxygen atoms in total. The fourth-order valence-corrected chi connectivity index (χ4v) is 4.35. The van der Waals surface area contributed by atoms with Crippen LogP contribution in [0.25, 0.3) is 10.9 Å². The number of hydrogen-bond acceptors (Lipinski definition) is 1. The summed E-state index contributed by atoms with van der Waals surface area (Å²) in [5.41, 5.74) is 8.28. The van der Waals surface area contributed by atoms with Crippen LogP contribution in [-0.2, 0) is 25.9 Å². The molecule has 1 aliphatic heterocycles. The lowest BCUT2D eigenvalue weighted by Crippen LogP contribution is -2.35. The minimum absolute atomic E-state index is 0.166. The SMILES string of the molecule is Cc1ccc(C)c2c1c1c(n2CCc2ccc(F)cc2)CC(C)N(C)C1. The van der Waals surface area contributed by atoms with Crippen LogP contribution in [0.15, 0.2) is 36.4 Å². The molecule has 0 N–H and O–H groups in total. The van der Waals surface area contributed by atoms with Crippen LogP contribution in [0.2, 0.25) is 0 Å². The second kappa shape index (κ2) is 6.55. The summed E-state index contributed by atoms with van der Waals surface area (Å²) in [7, 11) is 2.22. The monoisotopic (exact) mass is 350 g/mol. The Morgan fingerprint density at radius 3 is 2.46 bits per heavy atom. The number of aromatic nitrogens is 1. The molecule has 3 aromatic rings. The molecule has 0 saturated heterocycles. The van der Waals surface area contributed by atoms with E-state index in [4.69, 9.17) is 0 Å². The number of likely N-dealkylation sites (N-methyl/N-ethyl adjacent to an activating group) is 1. The van der Waals surface area contributed by atoms with E-state index in [0.29, 0.717) is 6.04 Å². The van der Waals surface area contributed by atoms with Gasteiger partial charge in [0.25, 0.3) is 0 Å². The molecular formula is C23H27FN2. The third-order valence-electron chi connectivity index (χ3n) is 6.02. The Kier molecular flexibility index (Phi) is 4.36. The van der Waals surface area contributed by atoms with Gasteiger partial charge in [-0.2, -0.15) is 0 Å². The quantitative estimate of drug-likeness (QED) is 0.644. The van der Waals surface area contributed by atoms with Gasteiger partial charge in [0, 0.05) is 36.6 Å². The van der Waals surface area contributed by atoms with Crippen LogP contribution >= 0.6 is 0 Å². The highest BCUT2D eigenvalue weighted by Gasteiger charge is 2.27. The zero-order valence-electron chi connectivity index (χ0n) is 16.1. The second-order valence-electron chi connectivity index (χ2n) is 7.84. The Bertz CT molecular complexity index is 953. The molecule has 2 heterocycles. The van der Waals surface area contributed by atoms with Crippen LogP contribution in [0.1, 0.15) is 34.9 Å². The van der Waals surface area contributed by atoms with Gasteiger partial charge in [0.1, 0.15) is 5.82 Å². The van der Waals surface area contributed by atoms with E-state index in [9.17, 15) is 4.39 Å². The van der Waals surface area contributed by atoms with Crippen molar-refractivity contribution < 1.29 is 4.39 Å². The molecule has 3 heteroatoms. The van der Waals surface area contributed by atoms with Gasteiger partial charge in [0.05, 0.1) is 5.52 Å². The summed E-state index contributed by atoms with van der Waals surface area (Å²) in [6, 6.07) is 12.0. The van der Waals surface area contributed by atoms with E-state index in [1.807, 2.05) is 12.1 Å². The van der Waals surface area contributed by atoms with Crippen molar-refractivity contribution in [1.82, 2.24) is 9.47 Å². The topological polar surface area (TPSA) is 8.17 Å². The highest BCUT2D eigenvalue weighted by Crippen LogP contribution is 2.36. The number of halogens is 1. The first-order valence-electron chi connectivity index (χ1n) is 9.50. The molecule has 0 bridgehead atoms. The van der Waals surface area contributed by atoms with Crippen LogP contribution in [0.3, 0.4) is 0 Å². The lowest BCUT2D eigenvalue weighted by atomic mass is 9.97. The Morgan fingerprint density at radius 1 is 1.04 bits per heavy atom. The standard InChI is InChI=1S/C23H27FN2/c1-15-5-6-16(2)23-22(15)20-14-25(4)17(3)13-21(20)26(23)12-11-18-7-9-19(24)10-8-18/h5-10,17H,11-14H2,1-4H3. The molecule has 2 aromatic carbocycles. The molecule has 0 fully saturated rings. The number of benzene rings is 2. The van der Waals surface area contributed by atoms with E-state index in [-0.39, 0.29) is 5.82 Å². The molecule has 0 radical (unpaired) electrons.